The summed E-state index contributed by atoms with van der Waals surface area (Å²) >= 11 is 0. The van der Waals surface area contributed by atoms with Crippen molar-refractivity contribution in [2.75, 3.05) is 5.73 Å². The Bertz CT molecular complexity index is 1200. The molecule has 0 atom stereocenters. The summed E-state index contributed by atoms with van der Waals surface area (Å²) in [7, 11) is 0. The van der Waals surface area contributed by atoms with Crippen LogP contribution in [0.15, 0.2) is 97.7 Å². The molecule has 35 heavy (non-hydrogen) atoms. The van der Waals surface area contributed by atoms with E-state index in [1.165, 1.54) is 22.9 Å². The van der Waals surface area contributed by atoms with Gasteiger partial charge in [0.25, 0.3) is 0 Å². The lowest BCUT2D eigenvalue weighted by Crippen LogP contribution is -2.12. The largest absolute Gasteiger partial charge is 0.398 e. The van der Waals surface area contributed by atoms with Gasteiger partial charge >= 0.3 is 0 Å². The van der Waals surface area contributed by atoms with E-state index < -0.39 is 0 Å². The van der Waals surface area contributed by atoms with Crippen LogP contribution in [-0.2, 0) is 13.1 Å². The molecule has 0 bridgehead atoms. The van der Waals surface area contributed by atoms with Gasteiger partial charge in [0.2, 0.25) is 0 Å². The summed E-state index contributed by atoms with van der Waals surface area (Å²) < 4.78 is 0. The number of nitrogen functional groups attached to an aromatic ring is 1. The maximum absolute atomic E-state index is 8.66. The molecule has 1 heterocycles. The molecule has 4 rings (SSSR count). The second kappa shape index (κ2) is 17.2. The van der Waals surface area contributed by atoms with E-state index in [9.17, 15) is 0 Å². The minimum absolute atomic E-state index is 0.602. The number of rotatable bonds is 4. The van der Waals surface area contributed by atoms with Crippen LogP contribution in [0.2, 0.25) is 0 Å². The van der Waals surface area contributed by atoms with Crippen LogP contribution in [0.5, 0.6) is 0 Å². The Kier molecular flexibility index (Phi) is 14.2. The summed E-state index contributed by atoms with van der Waals surface area (Å²) in [5.74, 6) is 0. The van der Waals surface area contributed by atoms with E-state index in [-0.39, 0.29) is 0 Å². The van der Waals surface area contributed by atoms with Crippen molar-refractivity contribution in [3.05, 3.63) is 120 Å². The predicted octanol–water partition coefficient (Wildman–Crippen LogP) is 6.82. The summed E-state index contributed by atoms with van der Waals surface area (Å²) in [6, 6.07) is 28.2. The minimum atomic E-state index is 0.602. The van der Waals surface area contributed by atoms with Crippen LogP contribution in [0.4, 0.5) is 5.69 Å². The fourth-order valence-corrected chi connectivity index (χ4v) is 3.01. The normalized spacial score (nSPS) is 9.09. The van der Waals surface area contributed by atoms with Crippen molar-refractivity contribution in [3.8, 4) is 6.07 Å². The molecular weight excluding hydrogens is 430 g/mol. The molecule has 3 aromatic carbocycles. The third kappa shape index (κ3) is 11.4. The van der Waals surface area contributed by atoms with Gasteiger partial charge in [0.1, 0.15) is 0 Å². The molecule has 0 saturated carbocycles. The molecule has 0 aliphatic rings. The first-order chi connectivity index (χ1) is 17.0. The van der Waals surface area contributed by atoms with Crippen LogP contribution in [0.3, 0.4) is 0 Å². The van der Waals surface area contributed by atoms with E-state index in [1.54, 1.807) is 37.4 Å². The number of anilines is 1. The average molecular weight is 466 g/mol. The van der Waals surface area contributed by atoms with Gasteiger partial charge in [-0.3, -0.25) is 4.98 Å². The van der Waals surface area contributed by atoms with Gasteiger partial charge in [-0.1, -0.05) is 66.2 Å². The zero-order valence-electron chi connectivity index (χ0n) is 20.8. The first-order valence-electron chi connectivity index (χ1n) is 11.4. The number of fused-ring (bicyclic) bond motifs is 1. The van der Waals surface area contributed by atoms with E-state index in [0.29, 0.717) is 11.3 Å². The zero-order chi connectivity index (χ0) is 25.9. The minimum Gasteiger partial charge on any atom is -0.398 e. The first kappa shape index (κ1) is 28.8. The van der Waals surface area contributed by atoms with Gasteiger partial charge in [-0.05, 0) is 62.4 Å². The second-order valence-electron chi connectivity index (χ2n) is 7.52. The van der Waals surface area contributed by atoms with Crippen molar-refractivity contribution in [2.24, 2.45) is 0 Å². The Labute approximate surface area is 209 Å². The summed E-state index contributed by atoms with van der Waals surface area (Å²) in [5.41, 5.74) is 11.8. The summed E-state index contributed by atoms with van der Waals surface area (Å²) in [5, 5.41) is 19.1. The van der Waals surface area contributed by atoms with Gasteiger partial charge in [0.05, 0.1) is 17.1 Å². The summed E-state index contributed by atoms with van der Waals surface area (Å²) in [6.45, 7) is 10.9. The lowest BCUT2D eigenvalue weighted by atomic mass is 10.1. The van der Waals surface area contributed by atoms with E-state index in [4.69, 9.17) is 16.4 Å². The molecule has 180 valence electrons. The second-order valence-corrected chi connectivity index (χ2v) is 7.52. The van der Waals surface area contributed by atoms with Crippen molar-refractivity contribution in [2.45, 2.75) is 33.9 Å². The topological polar surface area (TPSA) is 98.6 Å². The van der Waals surface area contributed by atoms with Crippen molar-refractivity contribution in [3.63, 3.8) is 0 Å². The predicted molar refractivity (Wildman–Crippen MR) is 149 cm³/mol. The maximum atomic E-state index is 8.66. The molecule has 0 spiro atoms. The van der Waals surface area contributed by atoms with E-state index in [2.05, 4.69) is 78.4 Å². The van der Waals surface area contributed by atoms with Gasteiger partial charge in [0, 0.05) is 30.4 Å². The third-order valence-electron chi connectivity index (χ3n) is 4.49. The van der Waals surface area contributed by atoms with Crippen molar-refractivity contribution < 1.29 is 0 Å². The number of pyridine rings is 1. The highest BCUT2D eigenvalue weighted by molar-refractivity contribution is 5.90. The lowest BCUT2D eigenvalue weighted by molar-refractivity contribution is 0.693. The highest BCUT2D eigenvalue weighted by atomic mass is 14.8. The molecule has 5 nitrogen and oxygen atoms in total. The molecule has 1 aromatic heterocycles. The average Bonchev–Trinajstić information content (AvgIpc) is 2.86. The van der Waals surface area contributed by atoms with Gasteiger partial charge in [0.15, 0.2) is 0 Å². The molecule has 0 aliphatic heterocycles. The molecule has 0 radical (unpaired) electrons. The Morgan fingerprint density at radius 3 is 2.23 bits per heavy atom. The molecule has 5 heteroatoms. The van der Waals surface area contributed by atoms with Gasteiger partial charge in [-0.25, -0.2) is 0 Å². The number of nitrogens with one attached hydrogen (secondary N) is 2. The van der Waals surface area contributed by atoms with E-state index in [0.717, 1.165) is 24.0 Å². The van der Waals surface area contributed by atoms with Crippen LogP contribution in [0.25, 0.3) is 10.9 Å². The molecule has 4 aromatic rings. The Morgan fingerprint density at radius 1 is 0.971 bits per heavy atom. The smallest absolute Gasteiger partial charge is 0.0992 e. The van der Waals surface area contributed by atoms with Gasteiger partial charge in [-0.2, -0.15) is 5.26 Å². The Hall–Kier alpha value is -4.27. The molecule has 0 amide bonds. The number of nitrogens with two attached hydrogens (primary N) is 1. The number of aryl methyl sites for hydroxylation is 1. The van der Waals surface area contributed by atoms with Gasteiger partial charge in [-0.15, -0.1) is 6.58 Å². The van der Waals surface area contributed by atoms with Crippen LogP contribution >= 0.6 is 0 Å². The molecular formula is C30H35N5. The van der Waals surface area contributed by atoms with Crippen molar-refractivity contribution >= 4 is 22.8 Å². The van der Waals surface area contributed by atoms with Crippen LogP contribution < -0.4 is 11.1 Å². The number of aromatic nitrogens is 1. The Balaban J connectivity index is 0.000000290. The van der Waals surface area contributed by atoms with Crippen LogP contribution in [0.1, 0.15) is 36.1 Å². The van der Waals surface area contributed by atoms with E-state index in [1.807, 2.05) is 19.1 Å². The number of hydrogen-bond acceptors (Lipinski definition) is 5. The number of benzene rings is 3. The fourth-order valence-electron chi connectivity index (χ4n) is 3.01. The fraction of sp³-hybridized carbons (Fsp3) is 0.167. The quantitative estimate of drug-likeness (QED) is 0.227. The number of allylic oxidation sites excluding steroid dienone is 1. The van der Waals surface area contributed by atoms with Crippen LogP contribution in [0, 0.1) is 23.7 Å². The number of hydrogen-bond donors (Lipinski definition) is 3. The number of nitrogens with zero attached hydrogens (tertiary/aromatic N) is 2. The molecule has 4 N–H and O–H groups in total. The third-order valence-corrected chi connectivity index (χ3v) is 4.49. The first-order valence-corrected chi connectivity index (χ1v) is 11.4. The summed E-state index contributed by atoms with van der Waals surface area (Å²) in [6.07, 6.45) is 4.64. The molecule has 0 aliphatic carbocycles. The Morgan fingerprint density at radius 2 is 1.60 bits per heavy atom. The monoisotopic (exact) mass is 465 g/mol. The van der Waals surface area contributed by atoms with Crippen LogP contribution in [-0.4, -0.2) is 11.2 Å². The standard InChI is InChI=1S/C15H17N.C10H7N3.C3H6.C2H5N/c1-13-6-5-9-15(10-13)12-16-11-14-7-3-2-4-8-14;11-6-7-1-2-8-9(12)3-4-13-10(8)5-7;1-3-2;1-2-3/h2-10,16H,11-12H2,1H3;1-5H,(H2,12,13);3H,1H2,2H3;2-3H,1H3. The van der Waals surface area contributed by atoms with Crippen molar-refractivity contribution in [1.29, 1.82) is 10.7 Å². The maximum Gasteiger partial charge on any atom is 0.0992 e. The molecule has 0 saturated heterocycles. The lowest BCUT2D eigenvalue weighted by Gasteiger charge is -2.05. The van der Waals surface area contributed by atoms with Gasteiger partial charge < -0.3 is 16.5 Å². The summed E-state index contributed by atoms with van der Waals surface area (Å²) in [4.78, 5) is 4.12. The molecule has 0 unspecified atom stereocenters. The highest BCUT2D eigenvalue weighted by Crippen LogP contribution is 2.19. The number of nitriles is 1. The highest BCUT2D eigenvalue weighted by Gasteiger charge is 1.99. The molecule has 0 fully saturated rings. The van der Waals surface area contributed by atoms with E-state index >= 15 is 0 Å². The zero-order valence-corrected chi connectivity index (χ0v) is 20.8. The van der Waals surface area contributed by atoms with Crippen molar-refractivity contribution in [1.82, 2.24) is 10.3 Å². The SMILES string of the molecule is C=CC.CC=N.Cc1cccc(CNCc2ccccc2)c1.N#Cc1ccc2c(N)ccnc2c1.